The average molecular weight is 523 g/mol. The van der Waals surface area contributed by atoms with Crippen molar-refractivity contribution >= 4 is 29.9 Å². The Balaban J connectivity index is 0.00000420. The van der Waals surface area contributed by atoms with Crippen LogP contribution in [-0.4, -0.2) is 37.4 Å². The molecule has 0 bridgehead atoms. The fourth-order valence-electron chi connectivity index (χ4n) is 2.44. The van der Waals surface area contributed by atoms with Crippen molar-refractivity contribution in [3.05, 3.63) is 59.7 Å². The second-order valence-corrected chi connectivity index (χ2v) is 6.17. The Morgan fingerprint density at radius 1 is 1.00 bits per heavy atom. The lowest BCUT2D eigenvalue weighted by molar-refractivity contribution is -0.153. The molecule has 2 aromatic carbocycles. The van der Waals surface area contributed by atoms with Gasteiger partial charge in [0.1, 0.15) is 11.5 Å². The van der Waals surface area contributed by atoms with Gasteiger partial charge in [0, 0.05) is 20.1 Å². The number of alkyl halides is 3. The number of phenolic OH excluding ortho intramolecular Hbond substituents is 1. The molecule has 0 radical (unpaired) electrons. The smallest absolute Gasteiger partial charge is 0.422 e. The van der Waals surface area contributed by atoms with Crippen molar-refractivity contribution in [3.63, 3.8) is 0 Å². The number of aryl methyl sites for hydroxylation is 1. The maximum Gasteiger partial charge on any atom is 0.422 e. The number of halogens is 4. The number of hydrogen-bond donors (Lipinski definition) is 3. The summed E-state index contributed by atoms with van der Waals surface area (Å²) < 4.78 is 41.1. The van der Waals surface area contributed by atoms with Crippen LogP contribution < -0.4 is 15.4 Å². The lowest BCUT2D eigenvalue weighted by Crippen LogP contribution is -2.37. The minimum absolute atomic E-state index is 0. The molecule has 0 saturated heterocycles. The standard InChI is InChI=1S/C20H24F3N3O2.HI/c1-24-19(25-12-2-3-15-4-8-17(27)9-5-15)26-13-16-6-10-18(11-7-16)28-14-20(21,22)23;/h4-11,27H,2-3,12-14H2,1H3,(H2,24,25,26);1H. The van der Waals surface area contributed by atoms with Crippen LogP contribution in [0.2, 0.25) is 0 Å². The molecular weight excluding hydrogens is 498 g/mol. The summed E-state index contributed by atoms with van der Waals surface area (Å²) in [4.78, 5) is 4.14. The molecule has 0 aliphatic rings. The van der Waals surface area contributed by atoms with Gasteiger partial charge >= 0.3 is 6.18 Å². The molecule has 3 N–H and O–H groups in total. The highest BCUT2D eigenvalue weighted by Gasteiger charge is 2.28. The van der Waals surface area contributed by atoms with Gasteiger partial charge in [-0.25, -0.2) is 0 Å². The van der Waals surface area contributed by atoms with Crippen molar-refractivity contribution in [2.45, 2.75) is 25.6 Å². The second-order valence-electron chi connectivity index (χ2n) is 6.17. The van der Waals surface area contributed by atoms with Crippen molar-refractivity contribution in [2.75, 3.05) is 20.2 Å². The number of aromatic hydroxyl groups is 1. The molecule has 0 saturated carbocycles. The van der Waals surface area contributed by atoms with Crippen molar-refractivity contribution in [2.24, 2.45) is 4.99 Å². The Bertz CT molecular complexity index is 751. The van der Waals surface area contributed by atoms with E-state index in [4.69, 9.17) is 0 Å². The summed E-state index contributed by atoms with van der Waals surface area (Å²) in [6.45, 7) is -0.0900. The van der Waals surface area contributed by atoms with E-state index in [0.29, 0.717) is 12.5 Å². The van der Waals surface area contributed by atoms with Gasteiger partial charge in [-0.3, -0.25) is 4.99 Å². The minimum atomic E-state index is -4.35. The van der Waals surface area contributed by atoms with Crippen molar-refractivity contribution < 1.29 is 23.0 Å². The number of benzene rings is 2. The summed E-state index contributed by atoms with van der Waals surface area (Å²) in [6, 6.07) is 13.6. The number of hydrogen-bond acceptors (Lipinski definition) is 3. The van der Waals surface area contributed by atoms with Crippen LogP contribution in [0.4, 0.5) is 13.2 Å². The van der Waals surface area contributed by atoms with E-state index < -0.39 is 12.8 Å². The summed E-state index contributed by atoms with van der Waals surface area (Å²) >= 11 is 0. The maximum absolute atomic E-state index is 12.1. The van der Waals surface area contributed by atoms with Gasteiger partial charge in [0.15, 0.2) is 12.6 Å². The Hall–Kier alpha value is -2.17. The van der Waals surface area contributed by atoms with Crippen LogP contribution in [-0.2, 0) is 13.0 Å². The van der Waals surface area contributed by atoms with Crippen molar-refractivity contribution in [3.8, 4) is 11.5 Å². The Kier molecular flexibility index (Phi) is 10.6. The Morgan fingerprint density at radius 2 is 1.62 bits per heavy atom. The molecule has 2 aromatic rings. The fourth-order valence-corrected chi connectivity index (χ4v) is 2.44. The summed E-state index contributed by atoms with van der Waals surface area (Å²) in [5.74, 6) is 1.08. The molecule has 160 valence electrons. The zero-order valence-corrected chi connectivity index (χ0v) is 18.3. The fraction of sp³-hybridized carbons (Fsp3) is 0.350. The van der Waals surface area contributed by atoms with Crippen LogP contribution in [0, 0.1) is 0 Å². The highest BCUT2D eigenvalue weighted by Crippen LogP contribution is 2.18. The highest BCUT2D eigenvalue weighted by atomic mass is 127. The van der Waals surface area contributed by atoms with Crippen LogP contribution in [0.1, 0.15) is 17.5 Å². The molecule has 0 aliphatic carbocycles. The molecular formula is C20H25F3IN3O2. The molecule has 0 fully saturated rings. The first-order chi connectivity index (χ1) is 13.4. The van der Waals surface area contributed by atoms with E-state index in [1.54, 1.807) is 31.3 Å². The predicted octanol–water partition coefficient (Wildman–Crippen LogP) is 4.25. The summed E-state index contributed by atoms with van der Waals surface area (Å²) in [6.07, 6.45) is -2.57. The van der Waals surface area contributed by atoms with Crippen LogP contribution in [0.3, 0.4) is 0 Å². The van der Waals surface area contributed by atoms with Crippen molar-refractivity contribution in [1.82, 2.24) is 10.6 Å². The Labute approximate surface area is 185 Å². The van der Waals surface area contributed by atoms with Gasteiger partial charge in [-0.2, -0.15) is 13.2 Å². The van der Waals surface area contributed by atoms with Gasteiger partial charge in [0.05, 0.1) is 0 Å². The maximum atomic E-state index is 12.1. The first kappa shape index (κ1) is 24.9. The summed E-state index contributed by atoms with van der Waals surface area (Å²) in [7, 11) is 1.67. The number of ether oxygens (including phenoxy) is 1. The average Bonchev–Trinajstić information content (AvgIpc) is 2.67. The molecule has 5 nitrogen and oxygen atoms in total. The van der Waals surface area contributed by atoms with Crippen molar-refractivity contribution in [1.29, 1.82) is 0 Å². The van der Waals surface area contributed by atoms with Gasteiger partial charge in [0.25, 0.3) is 0 Å². The Morgan fingerprint density at radius 3 is 2.21 bits per heavy atom. The van der Waals surface area contributed by atoms with Gasteiger partial charge in [0.2, 0.25) is 0 Å². The van der Waals surface area contributed by atoms with Crippen LogP contribution in [0.15, 0.2) is 53.5 Å². The highest BCUT2D eigenvalue weighted by molar-refractivity contribution is 14.0. The number of aliphatic imine (C=N–C) groups is 1. The quantitative estimate of drug-likeness (QED) is 0.210. The third-order valence-electron chi connectivity index (χ3n) is 3.88. The molecule has 0 atom stereocenters. The zero-order valence-electron chi connectivity index (χ0n) is 16.0. The van der Waals surface area contributed by atoms with Gasteiger partial charge in [-0.15, -0.1) is 24.0 Å². The molecule has 0 aliphatic heterocycles. The van der Waals surface area contributed by atoms with E-state index in [0.717, 1.165) is 30.5 Å². The summed E-state index contributed by atoms with van der Waals surface area (Å²) in [5, 5.41) is 15.6. The van der Waals surface area contributed by atoms with Crippen LogP contribution >= 0.6 is 24.0 Å². The van der Waals surface area contributed by atoms with Crippen LogP contribution in [0.5, 0.6) is 11.5 Å². The number of guanidine groups is 1. The monoisotopic (exact) mass is 523 g/mol. The predicted molar refractivity (Wildman–Crippen MR) is 118 cm³/mol. The van der Waals surface area contributed by atoms with E-state index in [1.165, 1.54) is 12.1 Å². The topological polar surface area (TPSA) is 65.9 Å². The van der Waals surface area contributed by atoms with Gasteiger partial charge in [-0.05, 0) is 48.2 Å². The molecule has 2 rings (SSSR count). The number of nitrogens with one attached hydrogen (secondary N) is 2. The zero-order chi connectivity index (χ0) is 20.4. The second kappa shape index (κ2) is 12.4. The van der Waals surface area contributed by atoms with Gasteiger partial charge < -0.3 is 20.5 Å². The van der Waals surface area contributed by atoms with E-state index in [9.17, 15) is 18.3 Å². The number of nitrogens with zero attached hydrogens (tertiary/aromatic N) is 1. The SMILES string of the molecule is CN=C(NCCCc1ccc(O)cc1)NCc1ccc(OCC(F)(F)F)cc1.I. The molecule has 0 amide bonds. The third-order valence-corrected chi connectivity index (χ3v) is 3.88. The summed E-state index contributed by atoms with van der Waals surface area (Å²) in [5.41, 5.74) is 2.04. The molecule has 0 aromatic heterocycles. The van der Waals surface area contributed by atoms with E-state index >= 15 is 0 Å². The molecule has 9 heteroatoms. The third kappa shape index (κ3) is 10.2. The minimum Gasteiger partial charge on any atom is -0.508 e. The first-order valence-corrected chi connectivity index (χ1v) is 8.86. The number of phenols is 1. The van der Waals surface area contributed by atoms with E-state index in [2.05, 4.69) is 20.4 Å². The molecule has 0 unspecified atom stereocenters. The van der Waals surface area contributed by atoms with E-state index in [1.807, 2.05) is 12.1 Å². The molecule has 0 heterocycles. The first-order valence-electron chi connectivity index (χ1n) is 8.86. The largest absolute Gasteiger partial charge is 0.508 e. The lowest BCUT2D eigenvalue weighted by atomic mass is 10.1. The molecule has 29 heavy (non-hydrogen) atoms. The van der Waals surface area contributed by atoms with Crippen LogP contribution in [0.25, 0.3) is 0 Å². The van der Waals surface area contributed by atoms with Gasteiger partial charge in [-0.1, -0.05) is 24.3 Å². The number of rotatable bonds is 8. The normalized spacial score (nSPS) is 11.5. The lowest BCUT2D eigenvalue weighted by Gasteiger charge is -2.13. The molecule has 0 spiro atoms. The van der Waals surface area contributed by atoms with E-state index in [-0.39, 0.29) is 35.5 Å².